The molecule has 17 heavy (non-hydrogen) atoms. The van der Waals surface area contributed by atoms with Crippen LogP contribution in [0.5, 0.6) is 0 Å². The summed E-state index contributed by atoms with van der Waals surface area (Å²) >= 11 is 0. The molecule has 2 N–H and O–H groups in total. The topological polar surface area (TPSA) is 52.6 Å². The summed E-state index contributed by atoms with van der Waals surface area (Å²) in [5.74, 6) is 0.0678. The molecular weight excluding hydrogens is 216 g/mol. The highest BCUT2D eigenvalue weighted by molar-refractivity contribution is 5.81. The van der Waals surface area contributed by atoms with Crippen molar-refractivity contribution in [2.75, 3.05) is 6.54 Å². The van der Waals surface area contributed by atoms with Crippen LogP contribution in [0.15, 0.2) is 12.7 Å². The fourth-order valence-corrected chi connectivity index (χ4v) is 3.27. The fourth-order valence-electron chi connectivity index (χ4n) is 3.27. The standard InChI is InChI=1S/C13H22N2O2/c1-3-6-14-13(17)9(2)15-10-4-5-11(15)8-12(16)7-10/h3,9-12,16H,1,4-8H2,2H3,(H,14,17). The third kappa shape index (κ3) is 2.53. The van der Waals surface area contributed by atoms with Crippen molar-refractivity contribution in [3.8, 4) is 0 Å². The average molecular weight is 238 g/mol. The molecule has 0 aromatic carbocycles. The Labute approximate surface area is 103 Å². The lowest BCUT2D eigenvalue weighted by Gasteiger charge is -2.40. The summed E-state index contributed by atoms with van der Waals surface area (Å²) < 4.78 is 0. The Morgan fingerprint density at radius 3 is 2.65 bits per heavy atom. The van der Waals surface area contributed by atoms with E-state index in [1.165, 1.54) is 0 Å². The lowest BCUT2D eigenvalue weighted by atomic mass is 9.98. The number of fused-ring (bicyclic) bond motifs is 2. The van der Waals surface area contributed by atoms with Gasteiger partial charge in [-0.25, -0.2) is 0 Å². The second-order valence-electron chi connectivity index (χ2n) is 5.17. The summed E-state index contributed by atoms with van der Waals surface area (Å²) in [6.07, 6.45) is 5.37. The molecule has 0 aliphatic carbocycles. The lowest BCUT2D eigenvalue weighted by Crippen LogP contribution is -2.54. The molecule has 2 rings (SSSR count). The minimum atomic E-state index is -0.174. The molecule has 4 nitrogen and oxygen atoms in total. The van der Waals surface area contributed by atoms with E-state index >= 15 is 0 Å². The highest BCUT2D eigenvalue weighted by Gasteiger charge is 2.43. The summed E-state index contributed by atoms with van der Waals surface area (Å²) in [4.78, 5) is 14.2. The molecule has 3 unspecified atom stereocenters. The summed E-state index contributed by atoms with van der Waals surface area (Å²) in [6.45, 7) is 6.08. The van der Waals surface area contributed by atoms with Gasteiger partial charge in [0.1, 0.15) is 0 Å². The first-order chi connectivity index (χ1) is 8.13. The zero-order chi connectivity index (χ0) is 12.4. The van der Waals surface area contributed by atoms with Crippen molar-refractivity contribution in [3.05, 3.63) is 12.7 Å². The van der Waals surface area contributed by atoms with Crippen molar-refractivity contribution >= 4 is 5.91 Å². The third-order valence-corrected chi connectivity index (χ3v) is 4.01. The third-order valence-electron chi connectivity index (χ3n) is 4.01. The second-order valence-corrected chi connectivity index (χ2v) is 5.17. The molecule has 2 aliphatic rings. The number of piperidine rings is 1. The number of nitrogens with one attached hydrogen (secondary N) is 1. The van der Waals surface area contributed by atoms with Gasteiger partial charge >= 0.3 is 0 Å². The summed E-state index contributed by atoms with van der Waals surface area (Å²) in [6, 6.07) is 0.668. The van der Waals surface area contributed by atoms with E-state index in [0.29, 0.717) is 18.6 Å². The lowest BCUT2D eigenvalue weighted by molar-refractivity contribution is -0.128. The number of nitrogens with zero attached hydrogens (tertiary/aromatic N) is 1. The predicted molar refractivity (Wildman–Crippen MR) is 66.6 cm³/mol. The van der Waals surface area contributed by atoms with Crippen LogP contribution in [-0.2, 0) is 4.79 Å². The van der Waals surface area contributed by atoms with E-state index in [-0.39, 0.29) is 18.1 Å². The van der Waals surface area contributed by atoms with Crippen molar-refractivity contribution in [3.63, 3.8) is 0 Å². The van der Waals surface area contributed by atoms with Crippen molar-refractivity contribution in [1.29, 1.82) is 0 Å². The molecule has 0 saturated carbocycles. The molecule has 4 heteroatoms. The monoisotopic (exact) mass is 238 g/mol. The molecule has 2 aliphatic heterocycles. The van der Waals surface area contributed by atoms with Crippen molar-refractivity contribution in [1.82, 2.24) is 10.2 Å². The van der Waals surface area contributed by atoms with E-state index in [1.807, 2.05) is 6.92 Å². The number of hydrogen-bond donors (Lipinski definition) is 2. The number of aliphatic hydroxyl groups excluding tert-OH is 1. The minimum absolute atomic E-state index is 0.0678. The Morgan fingerprint density at radius 1 is 1.53 bits per heavy atom. The Bertz CT molecular complexity index is 292. The molecule has 2 bridgehead atoms. The quantitative estimate of drug-likeness (QED) is 0.708. The number of hydrogen-bond acceptors (Lipinski definition) is 3. The first-order valence-electron chi connectivity index (χ1n) is 6.47. The van der Waals surface area contributed by atoms with Crippen LogP contribution >= 0.6 is 0 Å². The Morgan fingerprint density at radius 2 is 2.12 bits per heavy atom. The molecule has 0 aromatic rings. The van der Waals surface area contributed by atoms with Gasteiger partial charge in [0.05, 0.1) is 12.1 Å². The highest BCUT2D eigenvalue weighted by atomic mass is 16.3. The van der Waals surface area contributed by atoms with E-state index in [9.17, 15) is 9.90 Å². The predicted octanol–water partition coefficient (Wildman–Crippen LogP) is 0.665. The first kappa shape index (κ1) is 12.6. The van der Waals surface area contributed by atoms with Crippen LogP contribution in [0.2, 0.25) is 0 Å². The van der Waals surface area contributed by atoms with Crippen LogP contribution in [0.1, 0.15) is 32.6 Å². The van der Waals surface area contributed by atoms with Gasteiger partial charge in [-0.1, -0.05) is 6.08 Å². The van der Waals surface area contributed by atoms with Crippen LogP contribution in [0.3, 0.4) is 0 Å². The molecule has 0 spiro atoms. The maximum absolute atomic E-state index is 11.9. The van der Waals surface area contributed by atoms with Crippen molar-refractivity contribution in [2.45, 2.75) is 56.8 Å². The SMILES string of the molecule is C=CCNC(=O)C(C)N1C2CCC1CC(O)C2. The molecule has 1 amide bonds. The van der Waals surface area contributed by atoms with Gasteiger partial charge in [-0.3, -0.25) is 9.69 Å². The Balaban J connectivity index is 1.98. The van der Waals surface area contributed by atoms with Gasteiger partial charge in [-0.05, 0) is 32.6 Å². The van der Waals surface area contributed by atoms with Gasteiger partial charge in [-0.15, -0.1) is 6.58 Å². The summed E-state index contributed by atoms with van der Waals surface area (Å²) in [5.41, 5.74) is 0. The highest BCUT2D eigenvalue weighted by Crippen LogP contribution is 2.37. The largest absolute Gasteiger partial charge is 0.393 e. The van der Waals surface area contributed by atoms with E-state index in [0.717, 1.165) is 25.7 Å². The Hall–Kier alpha value is -0.870. The van der Waals surface area contributed by atoms with Crippen LogP contribution in [0.4, 0.5) is 0 Å². The molecule has 3 atom stereocenters. The zero-order valence-electron chi connectivity index (χ0n) is 10.4. The van der Waals surface area contributed by atoms with E-state index < -0.39 is 0 Å². The number of aliphatic hydroxyl groups is 1. The maximum atomic E-state index is 11.9. The summed E-state index contributed by atoms with van der Waals surface area (Å²) in [5, 5.41) is 12.6. The van der Waals surface area contributed by atoms with E-state index in [4.69, 9.17) is 0 Å². The van der Waals surface area contributed by atoms with Crippen LogP contribution in [0.25, 0.3) is 0 Å². The van der Waals surface area contributed by atoms with E-state index in [1.54, 1.807) is 6.08 Å². The average Bonchev–Trinajstić information content (AvgIpc) is 2.57. The van der Waals surface area contributed by atoms with Crippen molar-refractivity contribution < 1.29 is 9.90 Å². The molecule has 0 aromatic heterocycles. The van der Waals surface area contributed by atoms with Crippen LogP contribution in [-0.4, -0.2) is 46.7 Å². The van der Waals surface area contributed by atoms with Gasteiger partial charge in [0.25, 0.3) is 0 Å². The number of rotatable bonds is 4. The van der Waals surface area contributed by atoms with Gasteiger partial charge in [-0.2, -0.15) is 0 Å². The number of carbonyl (C=O) groups excluding carboxylic acids is 1. The normalized spacial score (nSPS) is 34.4. The smallest absolute Gasteiger partial charge is 0.237 e. The molecular formula is C13H22N2O2. The maximum Gasteiger partial charge on any atom is 0.237 e. The van der Waals surface area contributed by atoms with Gasteiger partial charge in [0.15, 0.2) is 0 Å². The number of carbonyl (C=O) groups is 1. The molecule has 2 heterocycles. The van der Waals surface area contributed by atoms with Gasteiger partial charge < -0.3 is 10.4 Å². The van der Waals surface area contributed by atoms with E-state index in [2.05, 4.69) is 16.8 Å². The molecule has 2 saturated heterocycles. The van der Waals surface area contributed by atoms with Crippen LogP contribution < -0.4 is 5.32 Å². The molecule has 96 valence electrons. The first-order valence-corrected chi connectivity index (χ1v) is 6.47. The van der Waals surface area contributed by atoms with Gasteiger partial charge in [0, 0.05) is 18.6 Å². The molecule has 0 radical (unpaired) electrons. The van der Waals surface area contributed by atoms with Crippen molar-refractivity contribution in [2.24, 2.45) is 0 Å². The molecule has 2 fully saturated rings. The second kappa shape index (κ2) is 5.19. The Kier molecular flexibility index (Phi) is 3.84. The minimum Gasteiger partial charge on any atom is -0.393 e. The van der Waals surface area contributed by atoms with Crippen LogP contribution in [0, 0.1) is 0 Å². The summed E-state index contributed by atoms with van der Waals surface area (Å²) in [7, 11) is 0. The number of amides is 1. The fraction of sp³-hybridized carbons (Fsp3) is 0.769. The van der Waals surface area contributed by atoms with Gasteiger partial charge in [0.2, 0.25) is 5.91 Å². The zero-order valence-corrected chi connectivity index (χ0v) is 10.4.